The van der Waals surface area contributed by atoms with Crippen LogP contribution in [0.4, 0.5) is 5.69 Å². The molecule has 5 heteroatoms. The van der Waals surface area contributed by atoms with Gasteiger partial charge in [0, 0.05) is 24.3 Å². The van der Waals surface area contributed by atoms with E-state index in [0.29, 0.717) is 22.5 Å². The fourth-order valence-electron chi connectivity index (χ4n) is 2.08. The summed E-state index contributed by atoms with van der Waals surface area (Å²) >= 11 is 6.16. The summed E-state index contributed by atoms with van der Waals surface area (Å²) in [7, 11) is 2.04. The summed E-state index contributed by atoms with van der Waals surface area (Å²) in [5, 5.41) is 12.1. The zero-order chi connectivity index (χ0) is 14.6. The van der Waals surface area contributed by atoms with Crippen molar-refractivity contribution >= 4 is 23.1 Å². The molecule has 106 valence electrons. The molecule has 0 radical (unpaired) electrons. The summed E-state index contributed by atoms with van der Waals surface area (Å²) in [6.45, 7) is 6.60. The van der Waals surface area contributed by atoms with Gasteiger partial charge in [-0.1, -0.05) is 30.6 Å². The van der Waals surface area contributed by atoms with Gasteiger partial charge in [0.15, 0.2) is 5.84 Å². The third-order valence-corrected chi connectivity index (χ3v) is 3.53. The van der Waals surface area contributed by atoms with Gasteiger partial charge in [-0.2, -0.15) is 0 Å². The highest BCUT2D eigenvalue weighted by molar-refractivity contribution is 6.34. The fourth-order valence-corrected chi connectivity index (χ4v) is 2.35. The monoisotopic (exact) mass is 283 g/mol. The van der Waals surface area contributed by atoms with Crippen LogP contribution in [0.3, 0.4) is 0 Å². The first-order chi connectivity index (χ1) is 8.86. The topological polar surface area (TPSA) is 61.8 Å². The van der Waals surface area contributed by atoms with Gasteiger partial charge in [-0.3, -0.25) is 0 Å². The first-order valence-electron chi connectivity index (χ1n) is 6.37. The molecule has 19 heavy (non-hydrogen) atoms. The Balaban J connectivity index is 2.94. The highest BCUT2D eigenvalue weighted by Crippen LogP contribution is 2.25. The molecular formula is C14H22ClN3O. The van der Waals surface area contributed by atoms with Crippen LogP contribution in [0.25, 0.3) is 0 Å². The fraction of sp³-hybridized carbons (Fsp3) is 0.500. The van der Waals surface area contributed by atoms with Gasteiger partial charge < -0.3 is 15.8 Å². The van der Waals surface area contributed by atoms with Crippen molar-refractivity contribution in [1.29, 1.82) is 0 Å². The van der Waals surface area contributed by atoms with Crippen molar-refractivity contribution in [2.45, 2.75) is 33.2 Å². The summed E-state index contributed by atoms with van der Waals surface area (Å²) in [4.78, 5) is 2.18. The first-order valence-corrected chi connectivity index (χ1v) is 6.74. The average molecular weight is 284 g/mol. The maximum Gasteiger partial charge on any atom is 0.171 e. The Bertz CT molecular complexity index is 460. The third kappa shape index (κ3) is 4.03. The second-order valence-electron chi connectivity index (χ2n) is 5.24. The van der Waals surface area contributed by atoms with E-state index in [-0.39, 0.29) is 5.84 Å². The van der Waals surface area contributed by atoms with E-state index >= 15 is 0 Å². The van der Waals surface area contributed by atoms with Crippen LogP contribution in [0.1, 0.15) is 32.8 Å². The zero-order valence-electron chi connectivity index (χ0n) is 11.9. The molecule has 3 N–H and O–H groups in total. The maximum absolute atomic E-state index is 8.67. The highest BCUT2D eigenvalue weighted by Gasteiger charge is 2.14. The second kappa shape index (κ2) is 6.66. The molecule has 0 fully saturated rings. The summed E-state index contributed by atoms with van der Waals surface area (Å²) in [5.41, 5.74) is 7.11. The van der Waals surface area contributed by atoms with Gasteiger partial charge >= 0.3 is 0 Å². The number of hydrogen-bond acceptors (Lipinski definition) is 3. The minimum absolute atomic E-state index is 0.0226. The van der Waals surface area contributed by atoms with Crippen molar-refractivity contribution in [1.82, 2.24) is 0 Å². The molecule has 0 spiro atoms. The number of halogens is 1. The number of oxime groups is 1. The van der Waals surface area contributed by atoms with Crippen LogP contribution in [0, 0.1) is 5.92 Å². The lowest BCUT2D eigenvalue weighted by molar-refractivity contribution is 0.318. The van der Waals surface area contributed by atoms with E-state index in [4.69, 9.17) is 22.5 Å². The average Bonchev–Trinajstić information content (AvgIpc) is 2.36. The molecule has 1 aromatic carbocycles. The SMILES string of the molecule is CC(C)CC(C)N(C)c1ccc(C(N)=NO)c(Cl)c1. The molecule has 0 aromatic heterocycles. The molecule has 4 nitrogen and oxygen atoms in total. The van der Waals surface area contributed by atoms with E-state index < -0.39 is 0 Å². The summed E-state index contributed by atoms with van der Waals surface area (Å²) in [6, 6.07) is 5.96. The van der Waals surface area contributed by atoms with Crippen LogP contribution in [-0.2, 0) is 0 Å². The van der Waals surface area contributed by atoms with Gasteiger partial charge in [-0.15, -0.1) is 0 Å². The predicted octanol–water partition coefficient (Wildman–Crippen LogP) is 3.31. The molecule has 1 atom stereocenters. The summed E-state index contributed by atoms with van der Waals surface area (Å²) < 4.78 is 0. The Hall–Kier alpha value is -1.42. The number of benzene rings is 1. The molecule has 0 bridgehead atoms. The first kappa shape index (κ1) is 15.6. The Morgan fingerprint density at radius 2 is 2.05 bits per heavy atom. The quantitative estimate of drug-likeness (QED) is 0.377. The third-order valence-electron chi connectivity index (χ3n) is 3.22. The van der Waals surface area contributed by atoms with Crippen LogP contribution in [-0.4, -0.2) is 24.1 Å². The van der Waals surface area contributed by atoms with Crippen molar-refractivity contribution in [3.8, 4) is 0 Å². The van der Waals surface area contributed by atoms with Crippen molar-refractivity contribution in [3.05, 3.63) is 28.8 Å². The number of amidine groups is 1. The van der Waals surface area contributed by atoms with Gasteiger partial charge in [0.05, 0.1) is 5.02 Å². The van der Waals surface area contributed by atoms with E-state index in [9.17, 15) is 0 Å². The maximum atomic E-state index is 8.67. The Kier molecular flexibility index (Phi) is 5.48. The van der Waals surface area contributed by atoms with Crippen molar-refractivity contribution in [3.63, 3.8) is 0 Å². The van der Waals surface area contributed by atoms with E-state index in [2.05, 4.69) is 30.8 Å². The van der Waals surface area contributed by atoms with Crippen LogP contribution >= 0.6 is 11.6 Å². The molecule has 0 saturated carbocycles. The summed E-state index contributed by atoms with van der Waals surface area (Å²) in [6.07, 6.45) is 1.11. The lowest BCUT2D eigenvalue weighted by Crippen LogP contribution is -2.30. The molecule has 0 saturated heterocycles. The van der Waals surface area contributed by atoms with E-state index in [1.165, 1.54) is 0 Å². The van der Waals surface area contributed by atoms with Crippen molar-refractivity contribution < 1.29 is 5.21 Å². The number of nitrogens with two attached hydrogens (primary N) is 1. The second-order valence-corrected chi connectivity index (χ2v) is 5.65. The molecule has 0 aliphatic carbocycles. The zero-order valence-corrected chi connectivity index (χ0v) is 12.6. The van der Waals surface area contributed by atoms with E-state index in [1.54, 1.807) is 6.07 Å². The lowest BCUT2D eigenvalue weighted by Gasteiger charge is -2.28. The van der Waals surface area contributed by atoms with Crippen LogP contribution in [0.2, 0.25) is 5.02 Å². The Morgan fingerprint density at radius 1 is 1.42 bits per heavy atom. The van der Waals surface area contributed by atoms with Gasteiger partial charge in [0.2, 0.25) is 0 Å². The smallest absolute Gasteiger partial charge is 0.171 e. The lowest BCUT2D eigenvalue weighted by atomic mass is 10.0. The molecule has 0 amide bonds. The minimum Gasteiger partial charge on any atom is -0.409 e. The van der Waals surface area contributed by atoms with Crippen LogP contribution < -0.4 is 10.6 Å². The van der Waals surface area contributed by atoms with Crippen LogP contribution in [0.15, 0.2) is 23.4 Å². The molecule has 0 heterocycles. The van der Waals surface area contributed by atoms with E-state index in [1.807, 2.05) is 19.2 Å². The predicted molar refractivity (Wildman–Crippen MR) is 81.3 cm³/mol. The van der Waals surface area contributed by atoms with Gasteiger partial charge in [-0.25, -0.2) is 0 Å². The van der Waals surface area contributed by atoms with Crippen molar-refractivity contribution in [2.24, 2.45) is 16.8 Å². The summed E-state index contributed by atoms with van der Waals surface area (Å²) in [5.74, 6) is 0.666. The number of anilines is 1. The minimum atomic E-state index is 0.0226. The van der Waals surface area contributed by atoms with Crippen LogP contribution in [0.5, 0.6) is 0 Å². The van der Waals surface area contributed by atoms with Gasteiger partial charge in [0.1, 0.15) is 0 Å². The Labute approximate surface area is 119 Å². The molecule has 1 aromatic rings. The number of nitrogens with zero attached hydrogens (tertiary/aromatic N) is 2. The molecule has 1 unspecified atom stereocenters. The molecule has 0 aliphatic heterocycles. The molecule has 1 rings (SSSR count). The number of hydrogen-bond donors (Lipinski definition) is 2. The Morgan fingerprint density at radius 3 is 2.53 bits per heavy atom. The van der Waals surface area contributed by atoms with Gasteiger partial charge in [0.25, 0.3) is 0 Å². The number of rotatable bonds is 5. The van der Waals surface area contributed by atoms with E-state index in [0.717, 1.165) is 12.1 Å². The van der Waals surface area contributed by atoms with Gasteiger partial charge in [-0.05, 0) is 37.5 Å². The largest absolute Gasteiger partial charge is 0.409 e. The molecular weight excluding hydrogens is 262 g/mol. The standard InChI is InChI=1S/C14H22ClN3O/c1-9(2)7-10(3)18(4)11-5-6-12(13(15)8-11)14(16)17-19/h5-6,8-10,19H,7H2,1-4H3,(H2,16,17). The van der Waals surface area contributed by atoms with Crippen molar-refractivity contribution in [2.75, 3.05) is 11.9 Å². The molecule has 0 aliphatic rings. The highest BCUT2D eigenvalue weighted by atomic mass is 35.5. The normalized spacial score (nSPS) is 13.7.